The summed E-state index contributed by atoms with van der Waals surface area (Å²) in [7, 11) is 1.94. The smallest absolute Gasteiger partial charge is 0.148 e. The fourth-order valence-electron chi connectivity index (χ4n) is 1.58. The highest BCUT2D eigenvalue weighted by molar-refractivity contribution is 5.14. The van der Waals surface area contributed by atoms with Gasteiger partial charge in [0.15, 0.2) is 0 Å². The van der Waals surface area contributed by atoms with E-state index in [0.717, 1.165) is 11.6 Å². The van der Waals surface area contributed by atoms with Crippen molar-refractivity contribution in [3.05, 3.63) is 42.4 Å². The van der Waals surface area contributed by atoms with Crippen molar-refractivity contribution in [2.75, 3.05) is 0 Å². The topological polar surface area (TPSA) is 52.2 Å². The van der Waals surface area contributed by atoms with Gasteiger partial charge in [0.1, 0.15) is 17.6 Å². The first-order valence-corrected chi connectivity index (χ1v) is 5.91. The van der Waals surface area contributed by atoms with E-state index in [0.29, 0.717) is 0 Å². The van der Waals surface area contributed by atoms with Gasteiger partial charge in [0.2, 0.25) is 0 Å². The van der Waals surface area contributed by atoms with Crippen molar-refractivity contribution >= 4 is 0 Å². The Labute approximate surface area is 107 Å². The number of aromatic nitrogens is 2. The lowest BCUT2D eigenvalue weighted by atomic mass is 10.2. The summed E-state index contributed by atoms with van der Waals surface area (Å²) in [6.07, 6.45) is 5.29. The van der Waals surface area contributed by atoms with E-state index in [2.05, 4.69) is 10.5 Å². The van der Waals surface area contributed by atoms with Crippen LogP contribution in [0.5, 0.6) is 0 Å². The van der Waals surface area contributed by atoms with E-state index < -0.39 is 0 Å². The Morgan fingerprint density at radius 1 is 1.44 bits per heavy atom. The van der Waals surface area contributed by atoms with E-state index in [9.17, 15) is 0 Å². The Morgan fingerprint density at radius 2 is 2.22 bits per heavy atom. The van der Waals surface area contributed by atoms with E-state index in [4.69, 9.17) is 9.25 Å². The minimum atomic E-state index is -0.282. The molecule has 98 valence electrons. The molecule has 2 aromatic heterocycles. The van der Waals surface area contributed by atoms with E-state index in [-0.39, 0.29) is 11.6 Å². The van der Waals surface area contributed by atoms with Crippen LogP contribution in [0.2, 0.25) is 0 Å². The van der Waals surface area contributed by atoms with Crippen molar-refractivity contribution in [3.63, 3.8) is 0 Å². The Kier molecular flexibility index (Phi) is 3.54. The summed E-state index contributed by atoms with van der Waals surface area (Å²) in [6.45, 7) is 5.95. The number of rotatable bonds is 4. The number of furan rings is 1. The maximum atomic E-state index is 5.63. The molecule has 1 N–H and O–H groups in total. The summed E-state index contributed by atoms with van der Waals surface area (Å²) in [5, 5.41) is 0. The Bertz CT molecular complexity index is 483. The van der Waals surface area contributed by atoms with Crippen LogP contribution in [0.25, 0.3) is 0 Å². The molecule has 0 aliphatic carbocycles. The minimum Gasteiger partial charge on any atom is -0.467 e. The van der Waals surface area contributed by atoms with Crippen LogP contribution in [-0.2, 0) is 11.9 Å². The molecule has 2 rings (SSSR count). The SMILES string of the molecule is Cn1ccnc1C(NOC(C)(C)C)c1ccco1. The van der Waals surface area contributed by atoms with Gasteiger partial charge in [-0.15, -0.1) is 0 Å². The average molecular weight is 249 g/mol. The molecule has 1 atom stereocenters. The van der Waals surface area contributed by atoms with Crippen molar-refractivity contribution in [1.29, 1.82) is 0 Å². The highest BCUT2D eigenvalue weighted by Crippen LogP contribution is 2.22. The molecule has 5 nitrogen and oxygen atoms in total. The first-order chi connectivity index (χ1) is 8.47. The lowest BCUT2D eigenvalue weighted by Gasteiger charge is -2.23. The molecule has 2 heterocycles. The Morgan fingerprint density at radius 3 is 2.72 bits per heavy atom. The zero-order chi connectivity index (χ0) is 13.2. The third-order valence-corrected chi connectivity index (χ3v) is 2.43. The molecule has 0 spiro atoms. The molecule has 18 heavy (non-hydrogen) atoms. The molecular formula is C13H19N3O2. The van der Waals surface area contributed by atoms with Crippen molar-refractivity contribution in [2.24, 2.45) is 7.05 Å². The van der Waals surface area contributed by atoms with Crippen LogP contribution in [0.3, 0.4) is 0 Å². The number of hydrogen-bond donors (Lipinski definition) is 1. The van der Waals surface area contributed by atoms with Gasteiger partial charge in [-0.2, -0.15) is 5.48 Å². The van der Waals surface area contributed by atoms with Crippen LogP contribution in [0.4, 0.5) is 0 Å². The number of hydroxylamine groups is 1. The van der Waals surface area contributed by atoms with Crippen molar-refractivity contribution < 1.29 is 9.25 Å². The van der Waals surface area contributed by atoms with Crippen molar-refractivity contribution in [3.8, 4) is 0 Å². The van der Waals surface area contributed by atoms with Crippen molar-refractivity contribution in [2.45, 2.75) is 32.4 Å². The minimum absolute atomic E-state index is 0.223. The van der Waals surface area contributed by atoms with E-state index >= 15 is 0 Å². The Balaban J connectivity index is 2.22. The second-order valence-corrected chi connectivity index (χ2v) is 5.18. The molecule has 5 heteroatoms. The molecule has 0 radical (unpaired) electrons. The molecule has 1 unspecified atom stereocenters. The van der Waals surface area contributed by atoms with E-state index in [1.807, 2.05) is 50.7 Å². The predicted octanol–water partition coefficient (Wildman–Crippen LogP) is 2.42. The quantitative estimate of drug-likeness (QED) is 0.845. The van der Waals surface area contributed by atoms with Gasteiger partial charge in [-0.1, -0.05) is 0 Å². The molecule has 0 bridgehead atoms. The number of aryl methyl sites for hydroxylation is 1. The van der Waals surface area contributed by atoms with Gasteiger partial charge in [-0.3, -0.25) is 4.84 Å². The summed E-state index contributed by atoms with van der Waals surface area (Å²) >= 11 is 0. The van der Waals surface area contributed by atoms with Gasteiger partial charge >= 0.3 is 0 Å². The maximum Gasteiger partial charge on any atom is 0.148 e. The molecular weight excluding hydrogens is 230 g/mol. The van der Waals surface area contributed by atoms with Crippen LogP contribution in [0.1, 0.15) is 38.4 Å². The summed E-state index contributed by atoms with van der Waals surface area (Å²) < 4.78 is 7.38. The number of nitrogens with one attached hydrogen (secondary N) is 1. The lowest BCUT2D eigenvalue weighted by molar-refractivity contribution is -0.0870. The van der Waals surface area contributed by atoms with Crippen LogP contribution < -0.4 is 5.48 Å². The predicted molar refractivity (Wildman–Crippen MR) is 67.7 cm³/mol. The van der Waals surface area contributed by atoms with Gasteiger partial charge in [0.05, 0.1) is 11.9 Å². The first kappa shape index (κ1) is 12.9. The summed E-state index contributed by atoms with van der Waals surface area (Å²) in [4.78, 5) is 9.96. The van der Waals surface area contributed by atoms with Crippen LogP contribution in [0, 0.1) is 0 Å². The van der Waals surface area contributed by atoms with Crippen LogP contribution >= 0.6 is 0 Å². The third-order valence-electron chi connectivity index (χ3n) is 2.43. The standard InChI is InChI=1S/C13H19N3O2/c1-13(2,3)18-15-11(10-6-5-9-17-10)12-14-7-8-16(12)4/h5-9,11,15H,1-4H3. The van der Waals surface area contributed by atoms with Crippen LogP contribution in [-0.4, -0.2) is 15.2 Å². The maximum absolute atomic E-state index is 5.63. The number of hydrogen-bond acceptors (Lipinski definition) is 4. The largest absolute Gasteiger partial charge is 0.467 e. The summed E-state index contributed by atoms with van der Waals surface area (Å²) in [5.41, 5.74) is 2.75. The normalized spacial score (nSPS) is 13.8. The Hall–Kier alpha value is -1.59. The third kappa shape index (κ3) is 3.00. The molecule has 0 aliphatic heterocycles. The molecule has 0 saturated carbocycles. The molecule has 0 saturated heterocycles. The van der Waals surface area contributed by atoms with E-state index in [1.54, 1.807) is 12.5 Å². The first-order valence-electron chi connectivity index (χ1n) is 5.91. The summed E-state index contributed by atoms with van der Waals surface area (Å²) in [6, 6.07) is 3.53. The second kappa shape index (κ2) is 4.96. The molecule has 0 fully saturated rings. The van der Waals surface area contributed by atoms with Crippen LogP contribution in [0.15, 0.2) is 35.2 Å². The zero-order valence-corrected chi connectivity index (χ0v) is 11.2. The average Bonchev–Trinajstić information content (AvgIpc) is 2.90. The molecule has 0 aliphatic rings. The second-order valence-electron chi connectivity index (χ2n) is 5.18. The molecule has 2 aromatic rings. The fraction of sp³-hybridized carbons (Fsp3) is 0.462. The number of nitrogens with zero attached hydrogens (tertiary/aromatic N) is 2. The van der Waals surface area contributed by atoms with Gasteiger partial charge < -0.3 is 8.98 Å². The highest BCUT2D eigenvalue weighted by atomic mass is 16.7. The highest BCUT2D eigenvalue weighted by Gasteiger charge is 2.23. The van der Waals surface area contributed by atoms with Gasteiger partial charge in [0.25, 0.3) is 0 Å². The molecule has 0 amide bonds. The zero-order valence-electron chi connectivity index (χ0n) is 11.2. The lowest BCUT2D eigenvalue weighted by Crippen LogP contribution is -2.33. The number of imidazole rings is 1. The van der Waals surface area contributed by atoms with E-state index in [1.165, 1.54) is 0 Å². The van der Waals surface area contributed by atoms with Gasteiger partial charge in [-0.05, 0) is 32.9 Å². The van der Waals surface area contributed by atoms with Crippen molar-refractivity contribution in [1.82, 2.24) is 15.0 Å². The fourth-order valence-corrected chi connectivity index (χ4v) is 1.58. The summed E-state index contributed by atoms with van der Waals surface area (Å²) in [5.74, 6) is 1.61. The molecule has 0 aromatic carbocycles. The van der Waals surface area contributed by atoms with Gasteiger partial charge in [0, 0.05) is 19.4 Å². The monoisotopic (exact) mass is 249 g/mol. The van der Waals surface area contributed by atoms with Gasteiger partial charge in [-0.25, -0.2) is 4.98 Å².